The van der Waals surface area contributed by atoms with Crippen molar-refractivity contribution in [1.82, 2.24) is 0 Å². The van der Waals surface area contributed by atoms with Gasteiger partial charge in [-0.05, 0) is 40.5 Å². The summed E-state index contributed by atoms with van der Waals surface area (Å²) < 4.78 is 53.2. The van der Waals surface area contributed by atoms with Crippen LogP contribution in [0.4, 0.5) is 14.5 Å². The predicted molar refractivity (Wildman–Crippen MR) is 79.8 cm³/mol. The number of hydrogen-bond acceptors (Lipinski definition) is 4. The lowest BCUT2D eigenvalue weighted by Gasteiger charge is -2.08. The Hall–Kier alpha value is -1.03. The van der Waals surface area contributed by atoms with Crippen molar-refractivity contribution in [3.8, 4) is 0 Å². The number of aryl methyl sites for hydroxylation is 1. The van der Waals surface area contributed by atoms with Crippen LogP contribution in [-0.4, -0.2) is 13.5 Å². The summed E-state index contributed by atoms with van der Waals surface area (Å²) in [6.07, 6.45) is 0. The number of aliphatic hydroxyl groups excluding tert-OH is 1. The zero-order valence-electron chi connectivity index (χ0n) is 10.7. The third kappa shape index (κ3) is 3.42. The van der Waals surface area contributed by atoms with Gasteiger partial charge in [0.2, 0.25) is 0 Å². The molecule has 114 valence electrons. The van der Waals surface area contributed by atoms with Crippen LogP contribution in [0.1, 0.15) is 10.4 Å². The normalized spacial score (nSPS) is 11.7. The third-order valence-electron chi connectivity index (χ3n) is 2.66. The lowest BCUT2D eigenvalue weighted by atomic mass is 10.3. The molecule has 1 aromatic heterocycles. The van der Waals surface area contributed by atoms with Crippen molar-refractivity contribution >= 4 is 43.0 Å². The van der Waals surface area contributed by atoms with Crippen LogP contribution in [0.5, 0.6) is 0 Å². The molecule has 0 radical (unpaired) electrons. The smallest absolute Gasteiger partial charge is 0.271 e. The summed E-state index contributed by atoms with van der Waals surface area (Å²) in [7, 11) is -4.04. The highest BCUT2D eigenvalue weighted by molar-refractivity contribution is 9.10. The molecule has 0 saturated heterocycles. The van der Waals surface area contributed by atoms with Crippen LogP contribution in [-0.2, 0) is 16.6 Å². The molecule has 0 bridgehead atoms. The van der Waals surface area contributed by atoms with E-state index in [1.165, 1.54) is 6.07 Å². The fourth-order valence-electron chi connectivity index (χ4n) is 1.57. The number of benzene rings is 1. The van der Waals surface area contributed by atoms with Crippen LogP contribution in [0.2, 0.25) is 0 Å². The van der Waals surface area contributed by atoms with Crippen LogP contribution in [0.3, 0.4) is 0 Å². The largest absolute Gasteiger partial charge is 0.391 e. The molecule has 0 aliphatic rings. The zero-order valence-corrected chi connectivity index (χ0v) is 13.9. The quantitative estimate of drug-likeness (QED) is 0.776. The second-order valence-corrected chi connectivity index (χ2v) is 8.08. The lowest BCUT2D eigenvalue weighted by Crippen LogP contribution is -2.13. The maximum atomic E-state index is 13.7. The highest BCUT2D eigenvalue weighted by Gasteiger charge is 2.21. The molecule has 0 atom stereocenters. The second-order valence-electron chi connectivity index (χ2n) is 4.18. The second kappa shape index (κ2) is 5.99. The zero-order chi connectivity index (χ0) is 15.8. The van der Waals surface area contributed by atoms with Crippen molar-refractivity contribution in [2.24, 2.45) is 0 Å². The molecule has 0 spiro atoms. The number of thiophene rings is 1. The van der Waals surface area contributed by atoms with Gasteiger partial charge >= 0.3 is 0 Å². The van der Waals surface area contributed by atoms with Gasteiger partial charge in [-0.1, -0.05) is 0 Å². The molecule has 2 aromatic rings. The summed E-state index contributed by atoms with van der Waals surface area (Å²) >= 11 is 3.68. The fraction of sp³-hybridized carbons (Fsp3) is 0.167. The maximum absolute atomic E-state index is 13.7. The Kier molecular flexibility index (Phi) is 4.66. The van der Waals surface area contributed by atoms with Gasteiger partial charge in [-0.25, -0.2) is 17.2 Å². The first-order valence-corrected chi connectivity index (χ1v) is 8.71. The molecular weight excluding hydrogens is 388 g/mol. The van der Waals surface area contributed by atoms with Gasteiger partial charge in [-0.2, -0.15) is 0 Å². The molecule has 2 N–H and O–H groups in total. The number of hydrogen-bond donors (Lipinski definition) is 2. The van der Waals surface area contributed by atoms with Crippen molar-refractivity contribution in [1.29, 1.82) is 0 Å². The monoisotopic (exact) mass is 397 g/mol. The number of rotatable bonds is 4. The molecule has 9 heteroatoms. The first kappa shape index (κ1) is 16.3. The Balaban J connectivity index is 2.39. The van der Waals surface area contributed by atoms with Crippen LogP contribution in [0.25, 0.3) is 0 Å². The molecule has 1 heterocycles. The van der Waals surface area contributed by atoms with E-state index < -0.39 is 27.3 Å². The number of anilines is 1. The molecule has 0 aliphatic carbocycles. The van der Waals surface area contributed by atoms with Gasteiger partial charge in [0.25, 0.3) is 10.0 Å². The highest BCUT2D eigenvalue weighted by Crippen LogP contribution is 2.29. The van der Waals surface area contributed by atoms with Gasteiger partial charge in [0, 0.05) is 10.9 Å². The molecule has 0 saturated carbocycles. The minimum Gasteiger partial charge on any atom is -0.391 e. The lowest BCUT2D eigenvalue weighted by molar-refractivity contribution is 0.285. The minimum absolute atomic E-state index is 0.0771. The first-order valence-electron chi connectivity index (χ1n) is 5.62. The number of halogens is 3. The van der Waals surface area contributed by atoms with Gasteiger partial charge in [-0.15, -0.1) is 11.3 Å². The van der Waals surface area contributed by atoms with Crippen LogP contribution in [0.15, 0.2) is 26.9 Å². The van der Waals surface area contributed by atoms with E-state index >= 15 is 0 Å². The Bertz CT molecular complexity index is 790. The van der Waals surface area contributed by atoms with Crippen LogP contribution < -0.4 is 4.72 Å². The summed E-state index contributed by atoms with van der Waals surface area (Å²) in [6.45, 7) is 1.37. The van der Waals surface area contributed by atoms with Gasteiger partial charge in [0.1, 0.15) is 15.8 Å². The fourth-order valence-corrected chi connectivity index (χ4v) is 4.40. The Morgan fingerprint density at radius 3 is 2.52 bits per heavy atom. The van der Waals surface area contributed by atoms with Gasteiger partial charge in [-0.3, -0.25) is 4.72 Å². The van der Waals surface area contributed by atoms with Gasteiger partial charge < -0.3 is 5.11 Å². The summed E-state index contributed by atoms with van der Waals surface area (Å²) in [6, 6.07) is 2.96. The number of nitrogens with one attached hydrogen (secondary N) is 1. The van der Waals surface area contributed by atoms with Crippen molar-refractivity contribution in [2.75, 3.05) is 4.72 Å². The topological polar surface area (TPSA) is 66.4 Å². The molecule has 4 nitrogen and oxygen atoms in total. The van der Waals surface area contributed by atoms with Crippen molar-refractivity contribution < 1.29 is 22.3 Å². The molecule has 2 rings (SSSR count). The summed E-state index contributed by atoms with van der Waals surface area (Å²) in [5.41, 5.74) is 0.137. The van der Waals surface area contributed by atoms with Crippen LogP contribution in [0, 0.1) is 18.6 Å². The van der Waals surface area contributed by atoms with Gasteiger partial charge in [0.15, 0.2) is 0 Å². The Labute approximate surface area is 132 Å². The maximum Gasteiger partial charge on any atom is 0.271 e. The van der Waals surface area contributed by atoms with Crippen LogP contribution >= 0.6 is 27.3 Å². The van der Waals surface area contributed by atoms with Gasteiger partial charge in [0.05, 0.1) is 16.8 Å². The first-order chi connectivity index (χ1) is 9.74. The standard InChI is InChI=1S/C12H10BrF2NO3S2/c1-6-2-12(20-11(6)5-17)21(18,19)16-10-4-8(14)7(13)3-9(10)15/h2-4,16-17H,5H2,1H3. The van der Waals surface area contributed by atoms with Crippen molar-refractivity contribution in [3.05, 3.63) is 44.7 Å². The summed E-state index contributed by atoms with van der Waals surface area (Å²) in [4.78, 5) is 0.498. The average molecular weight is 398 g/mol. The van der Waals surface area contributed by atoms with E-state index in [-0.39, 0.29) is 15.3 Å². The number of aliphatic hydroxyl groups is 1. The molecular formula is C12H10BrF2NO3S2. The summed E-state index contributed by atoms with van der Waals surface area (Å²) in [5.74, 6) is -1.69. The minimum atomic E-state index is -4.04. The Morgan fingerprint density at radius 2 is 1.95 bits per heavy atom. The number of sulfonamides is 1. The van der Waals surface area contributed by atoms with E-state index in [0.29, 0.717) is 10.4 Å². The molecule has 0 amide bonds. The molecule has 21 heavy (non-hydrogen) atoms. The molecule has 0 aliphatic heterocycles. The van der Waals surface area contributed by atoms with E-state index in [2.05, 4.69) is 15.9 Å². The van der Waals surface area contributed by atoms with E-state index in [4.69, 9.17) is 5.11 Å². The average Bonchev–Trinajstić information content (AvgIpc) is 2.78. The Morgan fingerprint density at radius 1 is 1.29 bits per heavy atom. The SMILES string of the molecule is Cc1cc(S(=O)(=O)Nc2cc(F)c(Br)cc2F)sc1CO. The summed E-state index contributed by atoms with van der Waals surface area (Å²) in [5, 5.41) is 9.08. The molecule has 1 aromatic carbocycles. The van der Waals surface area contributed by atoms with E-state index in [1.54, 1.807) is 6.92 Å². The van der Waals surface area contributed by atoms with E-state index in [0.717, 1.165) is 23.5 Å². The molecule has 0 fully saturated rings. The third-order valence-corrected chi connectivity index (χ3v) is 6.33. The van der Waals surface area contributed by atoms with E-state index in [1.807, 2.05) is 4.72 Å². The molecule has 0 unspecified atom stereocenters. The highest BCUT2D eigenvalue weighted by atomic mass is 79.9. The predicted octanol–water partition coefficient (Wildman–Crippen LogP) is 3.39. The van der Waals surface area contributed by atoms with Crippen molar-refractivity contribution in [2.45, 2.75) is 17.7 Å². The van der Waals surface area contributed by atoms with Crippen molar-refractivity contribution in [3.63, 3.8) is 0 Å². The van der Waals surface area contributed by atoms with E-state index in [9.17, 15) is 17.2 Å².